The van der Waals surface area contributed by atoms with Crippen molar-refractivity contribution in [3.05, 3.63) is 34.1 Å². The second-order valence-electron chi connectivity index (χ2n) is 5.30. The lowest BCUT2D eigenvalue weighted by Crippen LogP contribution is -2.54. The Morgan fingerprint density at radius 2 is 2.08 bits per heavy atom. The van der Waals surface area contributed by atoms with Gasteiger partial charge in [0.15, 0.2) is 0 Å². The van der Waals surface area contributed by atoms with E-state index in [0.717, 1.165) is 4.31 Å². The second kappa shape index (κ2) is 9.01. The van der Waals surface area contributed by atoms with Crippen LogP contribution < -0.4 is 0 Å². The summed E-state index contributed by atoms with van der Waals surface area (Å²) in [4.78, 5) is 12.3. The molecule has 8 heteroatoms. The first-order valence-electron chi connectivity index (χ1n) is 7.63. The van der Waals surface area contributed by atoms with Gasteiger partial charge in [-0.25, -0.2) is 17.8 Å². The largest absolute Gasteiger partial charge is 0.463 e. The SMILES string of the molecule is CCC[S@@](=O)N(C)[C@@](F)(C(=O)OCC)[C@H](C)c1cc(Br)ccc1F. The minimum Gasteiger partial charge on any atom is -0.463 e. The van der Waals surface area contributed by atoms with Crippen molar-refractivity contribution in [2.75, 3.05) is 19.4 Å². The molecule has 3 atom stereocenters. The van der Waals surface area contributed by atoms with Crippen LogP contribution in [0.3, 0.4) is 0 Å². The van der Waals surface area contributed by atoms with Gasteiger partial charge in [0.1, 0.15) is 5.82 Å². The van der Waals surface area contributed by atoms with Crippen molar-refractivity contribution >= 4 is 32.9 Å². The van der Waals surface area contributed by atoms with Crippen LogP contribution in [0.25, 0.3) is 0 Å². The molecule has 0 bridgehead atoms. The van der Waals surface area contributed by atoms with E-state index >= 15 is 4.39 Å². The summed E-state index contributed by atoms with van der Waals surface area (Å²) in [5.74, 6) is -5.61. The Labute approximate surface area is 152 Å². The van der Waals surface area contributed by atoms with E-state index in [2.05, 4.69) is 15.9 Å². The molecule has 0 N–H and O–H groups in total. The molecule has 0 saturated carbocycles. The summed E-state index contributed by atoms with van der Waals surface area (Å²) in [7, 11) is -0.496. The smallest absolute Gasteiger partial charge is 0.361 e. The molecular weight excluding hydrogens is 404 g/mol. The van der Waals surface area contributed by atoms with Crippen molar-refractivity contribution in [3.63, 3.8) is 0 Å². The van der Waals surface area contributed by atoms with E-state index in [1.165, 1.54) is 32.2 Å². The molecule has 1 aromatic carbocycles. The van der Waals surface area contributed by atoms with Gasteiger partial charge in [-0.2, -0.15) is 4.31 Å². The van der Waals surface area contributed by atoms with E-state index in [1.807, 2.05) is 0 Å². The van der Waals surface area contributed by atoms with Crippen LogP contribution in [0.4, 0.5) is 8.78 Å². The van der Waals surface area contributed by atoms with Crippen LogP contribution in [0.2, 0.25) is 0 Å². The number of carbonyl (C=O) groups is 1. The lowest BCUT2D eigenvalue weighted by molar-refractivity contribution is -0.167. The fourth-order valence-electron chi connectivity index (χ4n) is 2.32. The average Bonchev–Trinajstić information content (AvgIpc) is 2.55. The number of nitrogens with zero attached hydrogens (tertiary/aromatic N) is 1. The van der Waals surface area contributed by atoms with E-state index in [1.54, 1.807) is 13.8 Å². The summed E-state index contributed by atoms with van der Waals surface area (Å²) in [5.41, 5.74) is 0.000256. The zero-order chi connectivity index (χ0) is 18.5. The van der Waals surface area contributed by atoms with Gasteiger partial charge in [-0.1, -0.05) is 29.8 Å². The highest BCUT2D eigenvalue weighted by Crippen LogP contribution is 2.38. The Morgan fingerprint density at radius 3 is 2.62 bits per heavy atom. The van der Waals surface area contributed by atoms with Crippen molar-refractivity contribution in [3.8, 4) is 0 Å². The first-order valence-corrected chi connectivity index (χ1v) is 9.70. The molecule has 0 heterocycles. The molecule has 0 aliphatic carbocycles. The van der Waals surface area contributed by atoms with Crippen LogP contribution in [-0.4, -0.2) is 39.7 Å². The molecule has 136 valence electrons. The van der Waals surface area contributed by atoms with Gasteiger partial charge in [-0.15, -0.1) is 0 Å². The van der Waals surface area contributed by atoms with Gasteiger partial charge < -0.3 is 4.74 Å². The highest BCUT2D eigenvalue weighted by molar-refractivity contribution is 9.10. The number of hydrogen-bond donors (Lipinski definition) is 0. The van der Waals surface area contributed by atoms with Crippen molar-refractivity contribution < 1.29 is 22.5 Å². The third kappa shape index (κ3) is 4.40. The first-order chi connectivity index (χ1) is 11.2. The number of alkyl halides is 1. The van der Waals surface area contributed by atoms with Crippen LogP contribution >= 0.6 is 15.9 Å². The molecule has 0 spiro atoms. The Balaban J connectivity index is 3.38. The van der Waals surface area contributed by atoms with Crippen LogP contribution in [0, 0.1) is 5.82 Å². The second-order valence-corrected chi connectivity index (χ2v) is 7.82. The number of ether oxygens (including phenoxy) is 1. The monoisotopic (exact) mass is 425 g/mol. The standard InChI is InChI=1S/C16H22BrF2NO3S/c1-5-9-24(22)20(4)16(19,15(21)23-6-2)11(3)13-10-12(17)7-8-14(13)18/h7-8,10-11H,5-6,9H2,1-4H3/t11-,16-,24-/m1/s1. The number of esters is 1. The molecule has 4 nitrogen and oxygen atoms in total. The summed E-state index contributed by atoms with van der Waals surface area (Å²) in [6.07, 6.45) is 0.551. The van der Waals surface area contributed by atoms with Crippen LogP contribution in [0.5, 0.6) is 0 Å². The first kappa shape index (κ1) is 21.2. The van der Waals surface area contributed by atoms with Crippen LogP contribution in [-0.2, 0) is 20.5 Å². The fraction of sp³-hybridized carbons (Fsp3) is 0.562. The molecule has 1 aromatic rings. The van der Waals surface area contributed by atoms with E-state index in [9.17, 15) is 13.4 Å². The highest BCUT2D eigenvalue weighted by atomic mass is 79.9. The summed E-state index contributed by atoms with van der Waals surface area (Å²) in [6.45, 7) is 4.69. The summed E-state index contributed by atoms with van der Waals surface area (Å²) < 4.78 is 48.5. The van der Waals surface area contributed by atoms with E-state index in [4.69, 9.17) is 4.74 Å². The van der Waals surface area contributed by atoms with Crippen molar-refractivity contribution in [2.24, 2.45) is 0 Å². The molecular formula is C16H22BrF2NO3S. The quantitative estimate of drug-likeness (QED) is 0.468. The summed E-state index contributed by atoms with van der Waals surface area (Å²) >= 11 is 3.21. The Hall–Kier alpha value is -0.860. The van der Waals surface area contributed by atoms with Gasteiger partial charge >= 0.3 is 5.97 Å². The van der Waals surface area contributed by atoms with E-state index in [0.29, 0.717) is 10.9 Å². The van der Waals surface area contributed by atoms with E-state index in [-0.39, 0.29) is 17.9 Å². The molecule has 0 radical (unpaired) electrons. The molecule has 0 unspecified atom stereocenters. The van der Waals surface area contributed by atoms with Gasteiger partial charge in [-0.3, -0.25) is 0 Å². The third-order valence-corrected chi connectivity index (χ3v) is 5.83. The number of hydrogen-bond acceptors (Lipinski definition) is 3. The molecule has 0 aromatic heterocycles. The predicted molar refractivity (Wildman–Crippen MR) is 94.1 cm³/mol. The highest BCUT2D eigenvalue weighted by Gasteiger charge is 2.52. The number of benzene rings is 1. The van der Waals surface area contributed by atoms with Gasteiger partial charge in [-0.05, 0) is 37.1 Å². The van der Waals surface area contributed by atoms with Gasteiger partial charge in [0.05, 0.1) is 17.6 Å². The maximum Gasteiger partial charge on any atom is 0.361 e. The molecule has 0 aliphatic heterocycles. The summed E-state index contributed by atoms with van der Waals surface area (Å²) in [6, 6.07) is 4.07. The van der Waals surface area contributed by atoms with Crippen molar-refractivity contribution in [1.82, 2.24) is 4.31 Å². The van der Waals surface area contributed by atoms with Crippen LogP contribution in [0.15, 0.2) is 22.7 Å². The maximum absolute atomic E-state index is 15.8. The molecule has 0 saturated heterocycles. The lowest BCUT2D eigenvalue weighted by Gasteiger charge is -2.36. The lowest BCUT2D eigenvalue weighted by atomic mass is 9.90. The fourth-order valence-corrected chi connectivity index (χ4v) is 3.85. The normalized spacial score (nSPS) is 16.5. The van der Waals surface area contributed by atoms with Gasteiger partial charge in [0.25, 0.3) is 5.79 Å². The Morgan fingerprint density at radius 1 is 1.46 bits per heavy atom. The van der Waals surface area contributed by atoms with Crippen molar-refractivity contribution in [2.45, 2.75) is 38.9 Å². The number of halogens is 3. The third-order valence-electron chi connectivity index (χ3n) is 3.70. The molecule has 1 rings (SSSR count). The van der Waals surface area contributed by atoms with Crippen LogP contribution in [0.1, 0.15) is 38.7 Å². The average molecular weight is 426 g/mol. The minimum absolute atomic E-state index is 0.000256. The number of carbonyl (C=O) groups excluding carboxylic acids is 1. The summed E-state index contributed by atoms with van der Waals surface area (Å²) in [5, 5.41) is 0. The molecule has 24 heavy (non-hydrogen) atoms. The predicted octanol–water partition coefficient (Wildman–Crippen LogP) is 3.93. The van der Waals surface area contributed by atoms with Crippen molar-refractivity contribution in [1.29, 1.82) is 0 Å². The topological polar surface area (TPSA) is 46.6 Å². The van der Waals surface area contributed by atoms with E-state index < -0.39 is 34.5 Å². The molecule has 0 aliphatic rings. The zero-order valence-electron chi connectivity index (χ0n) is 14.1. The van der Waals surface area contributed by atoms with Gasteiger partial charge in [0, 0.05) is 23.2 Å². The Bertz CT molecular complexity index is 617. The maximum atomic E-state index is 15.8. The van der Waals surface area contributed by atoms with Gasteiger partial charge in [0.2, 0.25) is 0 Å². The zero-order valence-corrected chi connectivity index (χ0v) is 16.5. The Kier molecular flexibility index (Phi) is 7.95. The molecule has 0 amide bonds. The number of rotatable bonds is 8. The minimum atomic E-state index is -2.75. The molecule has 0 fully saturated rings. The number of likely N-dealkylation sites (N-methyl/N-ethyl adjacent to an activating group) is 1.